The number of hydrogen-bond donors (Lipinski definition) is 1. The lowest BCUT2D eigenvalue weighted by atomic mass is 9.97. The van der Waals surface area contributed by atoms with Crippen LogP contribution in [0.15, 0.2) is 28.8 Å². The molecule has 1 amide bonds. The van der Waals surface area contributed by atoms with Gasteiger partial charge in [-0.1, -0.05) is 44.1 Å². The summed E-state index contributed by atoms with van der Waals surface area (Å²) in [6.45, 7) is 11.9. The summed E-state index contributed by atoms with van der Waals surface area (Å²) in [5.41, 5.74) is 1.07. The van der Waals surface area contributed by atoms with Crippen molar-refractivity contribution in [1.29, 1.82) is 0 Å². The monoisotopic (exact) mass is 331 g/mol. The molecular weight excluding hydrogens is 306 g/mol. The van der Waals surface area contributed by atoms with Crippen LogP contribution in [0, 0.1) is 0 Å². The topological polar surface area (TPSA) is 77.2 Å². The van der Waals surface area contributed by atoms with Crippen molar-refractivity contribution < 1.29 is 14.1 Å². The van der Waals surface area contributed by atoms with E-state index in [1.807, 2.05) is 65.8 Å². The molecule has 1 heterocycles. The van der Waals surface area contributed by atoms with Crippen LogP contribution in [-0.4, -0.2) is 21.8 Å². The van der Waals surface area contributed by atoms with E-state index < -0.39 is 11.7 Å². The molecule has 1 aromatic heterocycles. The number of rotatable bonds is 3. The lowest BCUT2D eigenvalue weighted by Crippen LogP contribution is -2.32. The van der Waals surface area contributed by atoms with Crippen LogP contribution >= 0.6 is 0 Å². The van der Waals surface area contributed by atoms with E-state index in [2.05, 4.69) is 15.5 Å². The maximum absolute atomic E-state index is 11.7. The number of alkyl carbamates (subject to hydrolysis) is 1. The first kappa shape index (κ1) is 18.0. The highest BCUT2D eigenvalue weighted by Crippen LogP contribution is 2.24. The fourth-order valence-corrected chi connectivity index (χ4v) is 1.95. The van der Waals surface area contributed by atoms with Gasteiger partial charge in [-0.3, -0.25) is 0 Å². The Bertz CT molecular complexity index is 709. The van der Waals surface area contributed by atoms with Gasteiger partial charge < -0.3 is 14.6 Å². The van der Waals surface area contributed by atoms with E-state index in [-0.39, 0.29) is 5.41 Å². The van der Waals surface area contributed by atoms with Crippen LogP contribution < -0.4 is 5.32 Å². The molecular formula is C18H25N3O3. The van der Waals surface area contributed by atoms with E-state index in [1.165, 1.54) is 0 Å². The number of amides is 1. The molecule has 0 aliphatic heterocycles. The third kappa shape index (κ3) is 5.08. The predicted molar refractivity (Wildman–Crippen MR) is 91.5 cm³/mol. The largest absolute Gasteiger partial charge is 0.444 e. The summed E-state index contributed by atoms with van der Waals surface area (Å²) in [7, 11) is 0. The maximum atomic E-state index is 11.7. The van der Waals surface area contributed by atoms with Gasteiger partial charge in [0.05, 0.1) is 0 Å². The summed E-state index contributed by atoms with van der Waals surface area (Å²) in [6.07, 6.45) is -0.442. The number of aromatic nitrogens is 2. The van der Waals surface area contributed by atoms with Gasteiger partial charge in [-0.25, -0.2) is 4.79 Å². The van der Waals surface area contributed by atoms with Crippen LogP contribution in [0.5, 0.6) is 0 Å². The Morgan fingerprint density at radius 1 is 1.21 bits per heavy atom. The van der Waals surface area contributed by atoms with Crippen molar-refractivity contribution >= 4 is 6.09 Å². The van der Waals surface area contributed by atoms with E-state index in [0.717, 1.165) is 11.1 Å². The van der Waals surface area contributed by atoms with Crippen LogP contribution in [0.25, 0.3) is 11.4 Å². The molecule has 0 saturated heterocycles. The van der Waals surface area contributed by atoms with Crippen LogP contribution in [-0.2, 0) is 16.7 Å². The summed E-state index contributed by atoms with van der Waals surface area (Å²) in [5.74, 6) is 1.13. The molecule has 130 valence electrons. The van der Waals surface area contributed by atoms with Gasteiger partial charge in [0.2, 0.25) is 11.7 Å². The zero-order valence-corrected chi connectivity index (χ0v) is 15.1. The first-order valence-electron chi connectivity index (χ1n) is 7.95. The van der Waals surface area contributed by atoms with Gasteiger partial charge in [0, 0.05) is 17.5 Å². The Labute approximate surface area is 142 Å². The van der Waals surface area contributed by atoms with Gasteiger partial charge in [0.1, 0.15) is 5.60 Å². The van der Waals surface area contributed by atoms with Gasteiger partial charge in [-0.2, -0.15) is 4.98 Å². The van der Waals surface area contributed by atoms with Crippen LogP contribution in [0.2, 0.25) is 0 Å². The lowest BCUT2D eigenvalue weighted by molar-refractivity contribution is 0.0523. The van der Waals surface area contributed by atoms with Crippen LogP contribution in [0.1, 0.15) is 53.0 Å². The first-order chi connectivity index (χ1) is 11.0. The van der Waals surface area contributed by atoms with Crippen molar-refractivity contribution in [3.05, 3.63) is 35.7 Å². The molecule has 6 nitrogen and oxygen atoms in total. The Morgan fingerprint density at radius 3 is 2.50 bits per heavy atom. The average molecular weight is 331 g/mol. The quantitative estimate of drug-likeness (QED) is 0.917. The Hall–Kier alpha value is -2.37. The molecule has 2 rings (SSSR count). The molecule has 0 bridgehead atoms. The third-order valence-electron chi connectivity index (χ3n) is 3.09. The number of nitrogens with one attached hydrogen (secondary N) is 1. The third-order valence-corrected chi connectivity index (χ3v) is 3.09. The Kier molecular flexibility index (Phi) is 4.96. The van der Waals surface area contributed by atoms with Gasteiger partial charge in [-0.05, 0) is 32.4 Å². The second kappa shape index (κ2) is 6.63. The van der Waals surface area contributed by atoms with E-state index in [4.69, 9.17) is 9.26 Å². The summed E-state index contributed by atoms with van der Waals surface area (Å²) in [4.78, 5) is 16.2. The fourth-order valence-electron chi connectivity index (χ4n) is 1.95. The second-order valence-corrected chi connectivity index (χ2v) is 7.73. The van der Waals surface area contributed by atoms with Gasteiger partial charge in [0.25, 0.3) is 0 Å². The number of ether oxygens (including phenoxy) is 1. The number of carbonyl (C=O) groups excluding carboxylic acids is 1. The second-order valence-electron chi connectivity index (χ2n) is 7.73. The molecule has 0 aliphatic rings. The number of benzene rings is 1. The molecule has 0 unspecified atom stereocenters. The lowest BCUT2D eigenvalue weighted by Gasteiger charge is -2.19. The molecule has 0 fully saturated rings. The summed E-state index contributed by atoms with van der Waals surface area (Å²) in [6, 6.07) is 7.66. The number of nitrogens with zero attached hydrogens (tertiary/aromatic N) is 2. The zero-order chi connectivity index (χ0) is 18.0. The van der Waals surface area contributed by atoms with Crippen molar-refractivity contribution in [2.75, 3.05) is 0 Å². The smallest absolute Gasteiger partial charge is 0.407 e. The highest BCUT2D eigenvalue weighted by molar-refractivity contribution is 5.67. The number of hydrogen-bond acceptors (Lipinski definition) is 5. The van der Waals surface area contributed by atoms with Crippen molar-refractivity contribution in [2.24, 2.45) is 0 Å². The van der Waals surface area contributed by atoms with Gasteiger partial charge in [0.15, 0.2) is 0 Å². The molecule has 0 atom stereocenters. The molecule has 1 aromatic carbocycles. The molecule has 6 heteroatoms. The van der Waals surface area contributed by atoms with Crippen molar-refractivity contribution in [3.8, 4) is 11.4 Å². The van der Waals surface area contributed by atoms with Gasteiger partial charge in [-0.15, -0.1) is 0 Å². The minimum absolute atomic E-state index is 0.193. The van der Waals surface area contributed by atoms with Crippen molar-refractivity contribution in [2.45, 2.75) is 59.1 Å². The van der Waals surface area contributed by atoms with Crippen molar-refractivity contribution in [3.63, 3.8) is 0 Å². The Morgan fingerprint density at radius 2 is 1.92 bits per heavy atom. The highest BCUT2D eigenvalue weighted by Gasteiger charge is 2.22. The summed E-state index contributed by atoms with van der Waals surface area (Å²) < 4.78 is 10.6. The Balaban J connectivity index is 2.07. The average Bonchev–Trinajstić information content (AvgIpc) is 2.93. The molecule has 0 aliphatic carbocycles. The first-order valence-corrected chi connectivity index (χ1v) is 7.95. The minimum atomic E-state index is -0.514. The molecule has 1 N–H and O–H groups in total. The van der Waals surface area contributed by atoms with Gasteiger partial charge >= 0.3 is 6.09 Å². The zero-order valence-electron chi connectivity index (χ0n) is 15.1. The molecule has 0 spiro atoms. The molecule has 0 saturated carbocycles. The fraction of sp³-hybridized carbons (Fsp3) is 0.500. The van der Waals surface area contributed by atoms with E-state index >= 15 is 0 Å². The molecule has 2 aromatic rings. The van der Waals surface area contributed by atoms with E-state index in [9.17, 15) is 4.79 Å². The number of carbonyl (C=O) groups is 1. The van der Waals surface area contributed by atoms with E-state index in [0.29, 0.717) is 18.3 Å². The SMILES string of the molecule is CC(C)(C)OC(=O)NCc1cccc(-c2noc(C(C)(C)C)n2)c1. The standard InChI is InChI=1S/C18H25N3O3/c1-17(2,3)15-20-14(21-24-15)13-9-7-8-12(10-13)11-19-16(22)23-18(4,5)6/h7-10H,11H2,1-6H3,(H,19,22). The molecule has 24 heavy (non-hydrogen) atoms. The van der Waals surface area contributed by atoms with E-state index in [1.54, 1.807) is 0 Å². The highest BCUT2D eigenvalue weighted by atomic mass is 16.6. The van der Waals surface area contributed by atoms with Crippen LogP contribution in [0.3, 0.4) is 0 Å². The van der Waals surface area contributed by atoms with Crippen LogP contribution in [0.4, 0.5) is 4.79 Å². The van der Waals surface area contributed by atoms with Crippen molar-refractivity contribution in [1.82, 2.24) is 15.5 Å². The molecule has 0 radical (unpaired) electrons. The minimum Gasteiger partial charge on any atom is -0.444 e. The normalized spacial score (nSPS) is 12.1. The summed E-state index contributed by atoms with van der Waals surface area (Å²) in [5, 5.41) is 6.78. The predicted octanol–water partition coefficient (Wildman–Crippen LogP) is 4.06. The summed E-state index contributed by atoms with van der Waals surface area (Å²) >= 11 is 0. The maximum Gasteiger partial charge on any atom is 0.407 e.